The molecule has 0 fully saturated rings. The lowest BCUT2D eigenvalue weighted by atomic mass is 10.5. The molecule has 0 aromatic carbocycles. The van der Waals surface area contributed by atoms with E-state index in [1.807, 2.05) is 0 Å². The molecule has 0 rings (SSSR count). The van der Waals surface area contributed by atoms with Crippen LogP contribution in [0.2, 0.25) is 0 Å². The predicted molar refractivity (Wildman–Crippen MR) is 50.1 cm³/mol. The van der Waals surface area contributed by atoms with E-state index >= 15 is 0 Å². The van der Waals surface area contributed by atoms with Crippen molar-refractivity contribution in [1.29, 1.82) is 0 Å². The highest BCUT2D eigenvalue weighted by atomic mass is 32.3. The second kappa shape index (κ2) is 4.02. The third-order valence-electron chi connectivity index (χ3n) is 1.95. The van der Waals surface area contributed by atoms with Gasteiger partial charge in [0.2, 0.25) is 0 Å². The van der Waals surface area contributed by atoms with Crippen LogP contribution in [0.5, 0.6) is 0 Å². The van der Waals surface area contributed by atoms with Crippen molar-refractivity contribution in [3.8, 4) is 0 Å². The maximum atomic E-state index is 10.8. The number of carbonyl (C=O) groups is 1. The third-order valence-corrected chi connectivity index (χ3v) is 5.84. The zero-order valence-electron chi connectivity index (χ0n) is 7.44. The highest BCUT2D eigenvalue weighted by Gasteiger charge is 2.14. The van der Waals surface area contributed by atoms with E-state index in [2.05, 4.69) is 20.1 Å². The molecule has 0 spiro atoms. The Labute approximate surface area is 65.5 Å². The molecule has 0 radical (unpaired) electrons. The quantitative estimate of drug-likeness (QED) is 0.618. The van der Waals surface area contributed by atoms with Crippen molar-refractivity contribution in [2.45, 2.75) is 20.8 Å². The minimum absolute atomic E-state index is 0.348. The zero-order chi connectivity index (χ0) is 8.20. The van der Waals surface area contributed by atoms with Crippen LogP contribution in [0.4, 0.5) is 0 Å². The summed E-state index contributed by atoms with van der Waals surface area (Å²) in [6.07, 6.45) is 2.26. The van der Waals surface area contributed by atoms with Crippen LogP contribution in [0.25, 0.3) is 0 Å². The molecule has 0 saturated heterocycles. The number of hydrogen-bond acceptors (Lipinski definition) is 1. The van der Waals surface area contributed by atoms with Crippen LogP contribution in [0.15, 0.2) is 0 Å². The Morgan fingerprint density at radius 3 is 1.80 bits per heavy atom. The normalized spacial score (nSPS) is 13.2. The molecular formula is C8H18OS. The molecule has 0 unspecified atom stereocenters. The Balaban J connectivity index is 3.92. The van der Waals surface area contributed by atoms with Gasteiger partial charge in [-0.15, -0.1) is 0 Å². The number of Topliss-reactive ketones (excluding diaryl/α,β-unsaturated/α-hetero) is 1. The molecular weight excluding hydrogens is 144 g/mol. The summed E-state index contributed by atoms with van der Waals surface area (Å²) in [5.41, 5.74) is 0. The lowest BCUT2D eigenvalue weighted by Crippen LogP contribution is -2.13. The zero-order valence-corrected chi connectivity index (χ0v) is 8.25. The van der Waals surface area contributed by atoms with E-state index in [0.29, 0.717) is 5.78 Å². The van der Waals surface area contributed by atoms with Crippen molar-refractivity contribution in [1.82, 2.24) is 0 Å². The van der Waals surface area contributed by atoms with Crippen LogP contribution in [0.1, 0.15) is 20.8 Å². The first-order chi connectivity index (χ1) is 4.54. The van der Waals surface area contributed by atoms with Gasteiger partial charge in [0.05, 0.1) is 0 Å². The summed E-state index contributed by atoms with van der Waals surface area (Å²) >= 11 is 0. The molecule has 0 aliphatic rings. The van der Waals surface area contributed by atoms with Gasteiger partial charge in [-0.25, -0.2) is 10.0 Å². The summed E-state index contributed by atoms with van der Waals surface area (Å²) in [7, 11) is -0.564. The molecule has 0 aromatic heterocycles. The van der Waals surface area contributed by atoms with Gasteiger partial charge in [0.1, 0.15) is 5.78 Å². The molecule has 0 N–H and O–H groups in total. The molecule has 0 aliphatic heterocycles. The Morgan fingerprint density at radius 1 is 1.30 bits per heavy atom. The van der Waals surface area contributed by atoms with E-state index in [1.165, 1.54) is 11.5 Å². The number of rotatable bonds is 4. The molecule has 10 heavy (non-hydrogen) atoms. The van der Waals surface area contributed by atoms with Gasteiger partial charge in [0.15, 0.2) is 0 Å². The number of ketones is 1. The van der Waals surface area contributed by atoms with Crippen molar-refractivity contribution in [2.24, 2.45) is 0 Å². The van der Waals surface area contributed by atoms with Gasteiger partial charge in [-0.05, 0) is 24.7 Å². The highest BCUT2D eigenvalue weighted by Crippen LogP contribution is 2.42. The summed E-state index contributed by atoms with van der Waals surface area (Å²) in [6.45, 7) is 6.06. The maximum absolute atomic E-state index is 10.8. The second-order valence-electron chi connectivity index (χ2n) is 2.90. The van der Waals surface area contributed by atoms with E-state index in [4.69, 9.17) is 0 Å². The average Bonchev–Trinajstić information content (AvgIpc) is 1.87. The highest BCUT2D eigenvalue weighted by molar-refractivity contribution is 8.33. The van der Waals surface area contributed by atoms with Crippen LogP contribution in [0.3, 0.4) is 0 Å². The Hall–Kier alpha value is 0.0200. The van der Waals surface area contributed by atoms with Gasteiger partial charge >= 0.3 is 0 Å². The Bertz CT molecular complexity index is 116. The number of carbonyl (C=O) groups excluding carboxylic acids is 1. The molecule has 2 heteroatoms. The summed E-state index contributed by atoms with van der Waals surface area (Å²) in [4.78, 5) is 10.8. The van der Waals surface area contributed by atoms with E-state index in [0.717, 1.165) is 5.75 Å². The van der Waals surface area contributed by atoms with Crippen molar-refractivity contribution >= 4 is 15.8 Å². The topological polar surface area (TPSA) is 17.1 Å². The molecule has 0 aliphatic carbocycles. The summed E-state index contributed by atoms with van der Waals surface area (Å²) in [5.74, 6) is 3.54. The largest absolute Gasteiger partial charge is 0.299 e. The molecule has 0 bridgehead atoms. The molecule has 0 atom stereocenters. The lowest BCUT2D eigenvalue weighted by Gasteiger charge is -2.32. The van der Waals surface area contributed by atoms with Crippen LogP contribution < -0.4 is 0 Å². The van der Waals surface area contributed by atoms with Crippen LogP contribution in [-0.2, 0) is 4.79 Å². The van der Waals surface area contributed by atoms with Gasteiger partial charge in [0, 0.05) is 5.75 Å². The van der Waals surface area contributed by atoms with Gasteiger partial charge in [-0.3, -0.25) is 4.79 Å². The minimum Gasteiger partial charge on any atom is -0.299 e. The first-order valence-corrected chi connectivity index (χ1v) is 6.29. The smallest absolute Gasteiger partial charge is 0.138 e. The molecule has 1 nitrogen and oxygen atoms in total. The van der Waals surface area contributed by atoms with Crippen LogP contribution in [-0.4, -0.2) is 29.3 Å². The fourth-order valence-corrected chi connectivity index (χ4v) is 2.70. The van der Waals surface area contributed by atoms with E-state index in [-0.39, 0.29) is 0 Å². The first-order valence-electron chi connectivity index (χ1n) is 3.75. The minimum atomic E-state index is -0.564. The summed E-state index contributed by atoms with van der Waals surface area (Å²) in [5, 5.41) is 0. The predicted octanol–water partition coefficient (Wildman–Crippen LogP) is 2.05. The number of hydrogen-bond donors (Lipinski definition) is 0. The van der Waals surface area contributed by atoms with Crippen molar-refractivity contribution < 1.29 is 4.79 Å². The fourth-order valence-electron chi connectivity index (χ4n) is 0.899. The standard InChI is InChI=1S/C8H18OS/c1-5-10(4,6-2)7-8(3)9/h5-7H2,1-4H3. The third kappa shape index (κ3) is 3.25. The summed E-state index contributed by atoms with van der Waals surface area (Å²) < 4.78 is 0. The Kier molecular flexibility index (Phi) is 4.02. The summed E-state index contributed by atoms with van der Waals surface area (Å²) in [6, 6.07) is 0. The maximum Gasteiger partial charge on any atom is 0.138 e. The van der Waals surface area contributed by atoms with Gasteiger partial charge in [0.25, 0.3) is 0 Å². The first kappa shape index (κ1) is 10.0. The molecule has 0 heterocycles. The average molecular weight is 162 g/mol. The molecule has 62 valence electrons. The second-order valence-corrected chi connectivity index (χ2v) is 7.30. The van der Waals surface area contributed by atoms with Gasteiger partial charge < -0.3 is 0 Å². The SMILES string of the molecule is CCS(C)(CC)CC(C)=O. The van der Waals surface area contributed by atoms with Crippen molar-refractivity contribution in [3.05, 3.63) is 0 Å². The van der Waals surface area contributed by atoms with Gasteiger partial charge in [-0.1, -0.05) is 13.8 Å². The van der Waals surface area contributed by atoms with Gasteiger partial charge in [-0.2, -0.15) is 0 Å². The van der Waals surface area contributed by atoms with Crippen LogP contribution in [0, 0.1) is 0 Å². The molecule has 0 amide bonds. The van der Waals surface area contributed by atoms with Crippen molar-refractivity contribution in [2.75, 3.05) is 23.5 Å². The Morgan fingerprint density at radius 2 is 1.70 bits per heavy atom. The van der Waals surface area contributed by atoms with Crippen molar-refractivity contribution in [3.63, 3.8) is 0 Å². The molecule has 0 aromatic rings. The van der Waals surface area contributed by atoms with E-state index in [1.54, 1.807) is 6.92 Å². The van der Waals surface area contributed by atoms with E-state index in [9.17, 15) is 4.79 Å². The van der Waals surface area contributed by atoms with Crippen LogP contribution >= 0.6 is 10.0 Å². The fraction of sp³-hybridized carbons (Fsp3) is 0.875. The van der Waals surface area contributed by atoms with E-state index < -0.39 is 10.0 Å². The lowest BCUT2D eigenvalue weighted by molar-refractivity contribution is -0.114. The molecule has 0 saturated carbocycles. The monoisotopic (exact) mass is 162 g/mol.